The fourth-order valence-corrected chi connectivity index (χ4v) is 2.60. The number of amides is 1. The van der Waals surface area contributed by atoms with E-state index < -0.39 is 16.1 Å². The molecule has 142 valence electrons. The van der Waals surface area contributed by atoms with Crippen molar-refractivity contribution in [1.82, 2.24) is 5.32 Å². The molecule has 0 unspecified atom stereocenters. The van der Waals surface area contributed by atoms with E-state index >= 15 is 0 Å². The number of nitrogens with one attached hydrogen (secondary N) is 1. The molecule has 1 amide bonds. The van der Waals surface area contributed by atoms with Gasteiger partial charge in [-0.25, -0.2) is 14.8 Å². The van der Waals surface area contributed by atoms with Crippen LogP contribution in [0.4, 0.5) is 4.79 Å². The second-order valence-electron chi connectivity index (χ2n) is 6.81. The third-order valence-electron chi connectivity index (χ3n) is 3.50. The van der Waals surface area contributed by atoms with Crippen LogP contribution in [0.2, 0.25) is 0 Å². The SMILES string of the molecule is CS(C)(C)CCOC(=O)CCCCCNC(=O)OCc1ccccc1. The lowest BCUT2D eigenvalue weighted by Gasteiger charge is -2.24. The molecule has 1 rings (SSSR count). The van der Waals surface area contributed by atoms with Crippen LogP contribution in [0.5, 0.6) is 0 Å². The number of unbranched alkanes of at least 4 members (excludes halogenated alkanes) is 2. The number of ether oxygens (including phenoxy) is 2. The van der Waals surface area contributed by atoms with Crippen LogP contribution < -0.4 is 5.32 Å². The molecular weight excluding hydrogens is 338 g/mol. The van der Waals surface area contributed by atoms with E-state index in [-0.39, 0.29) is 12.6 Å². The molecule has 0 saturated heterocycles. The summed E-state index contributed by atoms with van der Waals surface area (Å²) in [6.45, 7) is 1.34. The molecule has 0 atom stereocenters. The van der Waals surface area contributed by atoms with E-state index in [0.717, 1.165) is 30.6 Å². The van der Waals surface area contributed by atoms with Crippen molar-refractivity contribution in [3.63, 3.8) is 0 Å². The molecule has 0 aliphatic carbocycles. The fraction of sp³-hybridized carbons (Fsp3) is 0.579. The number of benzene rings is 1. The molecule has 5 nitrogen and oxygen atoms in total. The summed E-state index contributed by atoms with van der Waals surface area (Å²) in [6, 6.07) is 9.56. The highest BCUT2D eigenvalue weighted by atomic mass is 32.3. The Morgan fingerprint density at radius 2 is 1.72 bits per heavy atom. The Balaban J connectivity index is 1.95. The molecule has 0 saturated carbocycles. The first-order valence-electron chi connectivity index (χ1n) is 8.63. The molecule has 25 heavy (non-hydrogen) atoms. The molecule has 0 aliphatic rings. The van der Waals surface area contributed by atoms with Gasteiger partial charge in [0.2, 0.25) is 0 Å². The molecular formula is C19H31NO4S. The van der Waals surface area contributed by atoms with Gasteiger partial charge in [-0.15, -0.1) is 0 Å². The van der Waals surface area contributed by atoms with Crippen molar-refractivity contribution in [2.45, 2.75) is 32.3 Å². The number of hydrogen-bond acceptors (Lipinski definition) is 4. The Morgan fingerprint density at radius 3 is 2.40 bits per heavy atom. The van der Waals surface area contributed by atoms with Crippen LogP contribution in [0.15, 0.2) is 30.3 Å². The first-order valence-corrected chi connectivity index (χ1v) is 11.7. The van der Waals surface area contributed by atoms with Crippen LogP contribution in [0.1, 0.15) is 31.2 Å². The number of carbonyl (C=O) groups excluding carboxylic acids is 2. The number of carbonyl (C=O) groups is 2. The summed E-state index contributed by atoms with van der Waals surface area (Å²) in [7, 11) is -0.612. The first-order chi connectivity index (χ1) is 11.9. The Bertz CT molecular complexity index is 514. The van der Waals surface area contributed by atoms with Crippen LogP contribution in [0.25, 0.3) is 0 Å². The van der Waals surface area contributed by atoms with Crippen molar-refractivity contribution < 1.29 is 19.1 Å². The van der Waals surface area contributed by atoms with Crippen molar-refractivity contribution in [1.29, 1.82) is 0 Å². The van der Waals surface area contributed by atoms with E-state index in [1.54, 1.807) is 0 Å². The summed E-state index contributed by atoms with van der Waals surface area (Å²) in [5.74, 6) is 0.826. The Hall–Kier alpha value is -1.69. The largest absolute Gasteiger partial charge is 0.465 e. The standard InChI is InChI=1S/C19H31NO4S/c1-25(2,3)15-14-23-18(21)12-8-5-9-13-20-19(22)24-16-17-10-6-4-7-11-17/h4,6-7,10-11H,5,8-9,12-16H2,1-3H3,(H,20,22). The van der Waals surface area contributed by atoms with Crippen molar-refractivity contribution in [3.8, 4) is 0 Å². The Morgan fingerprint density at radius 1 is 1.00 bits per heavy atom. The minimum atomic E-state index is -0.612. The monoisotopic (exact) mass is 369 g/mol. The molecule has 6 heteroatoms. The van der Waals surface area contributed by atoms with Crippen LogP contribution in [-0.2, 0) is 20.9 Å². The second kappa shape index (κ2) is 11.8. The van der Waals surface area contributed by atoms with Crippen LogP contribution >= 0.6 is 10.0 Å². The lowest BCUT2D eigenvalue weighted by Crippen LogP contribution is -2.25. The van der Waals surface area contributed by atoms with E-state index in [1.165, 1.54) is 0 Å². The molecule has 0 aliphatic heterocycles. The molecule has 1 aromatic carbocycles. The van der Waals surface area contributed by atoms with Crippen LogP contribution in [0, 0.1) is 0 Å². The van der Waals surface area contributed by atoms with Crippen molar-refractivity contribution in [2.75, 3.05) is 37.7 Å². The number of esters is 1. The van der Waals surface area contributed by atoms with E-state index in [1.807, 2.05) is 30.3 Å². The predicted molar refractivity (Wildman–Crippen MR) is 104 cm³/mol. The molecule has 0 bridgehead atoms. The molecule has 0 fully saturated rings. The van der Waals surface area contributed by atoms with E-state index in [0.29, 0.717) is 19.6 Å². The maximum absolute atomic E-state index is 11.6. The molecule has 1 N–H and O–H groups in total. The van der Waals surface area contributed by atoms with Crippen molar-refractivity contribution >= 4 is 22.1 Å². The minimum absolute atomic E-state index is 0.126. The molecule has 0 heterocycles. The van der Waals surface area contributed by atoms with Gasteiger partial charge in [-0.2, -0.15) is 0 Å². The van der Waals surface area contributed by atoms with Crippen LogP contribution in [0.3, 0.4) is 0 Å². The minimum Gasteiger partial charge on any atom is -0.465 e. The van der Waals surface area contributed by atoms with Gasteiger partial charge in [0.05, 0.1) is 6.61 Å². The second-order valence-corrected chi connectivity index (χ2v) is 11.4. The molecule has 0 spiro atoms. The lowest BCUT2D eigenvalue weighted by molar-refractivity contribution is -0.143. The van der Waals surface area contributed by atoms with Gasteiger partial charge in [0.15, 0.2) is 0 Å². The van der Waals surface area contributed by atoms with Gasteiger partial charge in [-0.05, 0) is 37.2 Å². The zero-order valence-electron chi connectivity index (χ0n) is 15.6. The highest BCUT2D eigenvalue weighted by molar-refractivity contribution is 8.32. The summed E-state index contributed by atoms with van der Waals surface area (Å²) < 4.78 is 10.4. The number of rotatable bonds is 11. The van der Waals surface area contributed by atoms with E-state index in [9.17, 15) is 9.59 Å². The third-order valence-corrected chi connectivity index (χ3v) is 4.89. The Kier molecular flexibility index (Phi) is 10.1. The average molecular weight is 370 g/mol. The highest BCUT2D eigenvalue weighted by Crippen LogP contribution is 2.33. The van der Waals surface area contributed by atoms with Crippen LogP contribution in [-0.4, -0.2) is 49.7 Å². The summed E-state index contributed by atoms with van der Waals surface area (Å²) >= 11 is 0. The van der Waals surface area contributed by atoms with Crippen molar-refractivity contribution in [3.05, 3.63) is 35.9 Å². The van der Waals surface area contributed by atoms with Gasteiger partial charge in [0, 0.05) is 18.7 Å². The Labute approximate surface area is 152 Å². The van der Waals surface area contributed by atoms with E-state index in [2.05, 4.69) is 24.1 Å². The molecule has 0 radical (unpaired) electrons. The van der Waals surface area contributed by atoms with E-state index in [4.69, 9.17) is 9.47 Å². The topological polar surface area (TPSA) is 64.6 Å². The van der Waals surface area contributed by atoms with Gasteiger partial charge in [0.25, 0.3) is 0 Å². The average Bonchev–Trinajstić information content (AvgIpc) is 2.56. The maximum atomic E-state index is 11.6. The summed E-state index contributed by atoms with van der Waals surface area (Å²) in [5, 5.41) is 2.72. The first kappa shape index (κ1) is 21.4. The third kappa shape index (κ3) is 12.3. The van der Waals surface area contributed by atoms with Gasteiger partial charge in [-0.1, -0.05) is 36.8 Å². The van der Waals surface area contributed by atoms with Gasteiger partial charge in [0.1, 0.15) is 6.61 Å². The quantitative estimate of drug-likeness (QED) is 0.477. The highest BCUT2D eigenvalue weighted by Gasteiger charge is 2.07. The van der Waals surface area contributed by atoms with Crippen molar-refractivity contribution in [2.24, 2.45) is 0 Å². The maximum Gasteiger partial charge on any atom is 0.407 e. The fourth-order valence-electron chi connectivity index (χ4n) is 2.01. The summed E-state index contributed by atoms with van der Waals surface area (Å²) in [4.78, 5) is 23.1. The number of alkyl carbamates (subject to hydrolysis) is 1. The summed E-state index contributed by atoms with van der Waals surface area (Å²) in [6.07, 6.45) is 9.13. The van der Waals surface area contributed by atoms with Gasteiger partial charge in [-0.3, -0.25) is 4.79 Å². The molecule has 0 aromatic heterocycles. The summed E-state index contributed by atoms with van der Waals surface area (Å²) in [5.41, 5.74) is 0.962. The van der Waals surface area contributed by atoms with Gasteiger partial charge >= 0.3 is 12.1 Å². The molecule has 1 aromatic rings. The number of hydrogen-bond donors (Lipinski definition) is 1. The zero-order valence-corrected chi connectivity index (χ0v) is 16.4. The smallest absolute Gasteiger partial charge is 0.407 e. The normalized spacial score (nSPS) is 11.6. The predicted octanol–water partition coefficient (Wildman–Crippen LogP) is 3.71. The zero-order chi connectivity index (χ0) is 18.5. The lowest BCUT2D eigenvalue weighted by atomic mass is 10.2. The van der Waals surface area contributed by atoms with Gasteiger partial charge < -0.3 is 14.8 Å².